The molecule has 0 aliphatic carbocycles. The molecule has 0 amide bonds. The smallest absolute Gasteiger partial charge is 0.155 e. The van der Waals surface area contributed by atoms with E-state index in [0.29, 0.717) is 42.2 Å². The molecule has 0 spiro atoms. The van der Waals surface area contributed by atoms with Gasteiger partial charge in [0.25, 0.3) is 0 Å². The minimum Gasteiger partial charge on any atom is -0.491 e. The monoisotopic (exact) mass is 564 g/mol. The minimum absolute atomic E-state index is 0.198. The molecular weight excluding hydrogens is 528 g/mol. The molecule has 1 aromatic heterocycles. The molecule has 1 fully saturated rings. The molecule has 9 nitrogen and oxygen atoms in total. The molecule has 216 valence electrons. The Morgan fingerprint density at radius 2 is 2.19 bits per heavy atom. The third-order valence-electron chi connectivity index (χ3n) is 7.78. The van der Waals surface area contributed by atoms with E-state index >= 15 is 0 Å². The van der Waals surface area contributed by atoms with Crippen molar-refractivity contribution in [3.63, 3.8) is 0 Å². The van der Waals surface area contributed by atoms with Gasteiger partial charge in [-0.05, 0) is 80.7 Å². The van der Waals surface area contributed by atoms with Crippen LogP contribution in [0.1, 0.15) is 31.7 Å². The molecule has 2 aliphatic rings. The summed E-state index contributed by atoms with van der Waals surface area (Å²) in [4.78, 5) is 27.3. The number of carbonyl (C=O) groups excluding carboxylic acids is 1. The topological polar surface area (TPSA) is 113 Å². The summed E-state index contributed by atoms with van der Waals surface area (Å²) in [7, 11) is 0. The van der Waals surface area contributed by atoms with Crippen LogP contribution in [-0.2, 0) is 4.79 Å². The molecule has 2 bridgehead atoms. The van der Waals surface area contributed by atoms with Crippen LogP contribution in [0.5, 0.6) is 11.5 Å². The van der Waals surface area contributed by atoms with Gasteiger partial charge >= 0.3 is 0 Å². The van der Waals surface area contributed by atoms with Crippen molar-refractivity contribution in [2.24, 2.45) is 16.8 Å². The van der Waals surface area contributed by atoms with Gasteiger partial charge in [0.15, 0.2) is 5.78 Å². The van der Waals surface area contributed by atoms with Crippen LogP contribution in [0.4, 0.5) is 17.2 Å². The third-order valence-corrected chi connectivity index (χ3v) is 7.78. The van der Waals surface area contributed by atoms with E-state index in [1.807, 2.05) is 44.2 Å². The Bertz CT molecular complexity index is 1580. The van der Waals surface area contributed by atoms with Gasteiger partial charge in [0.1, 0.15) is 35.7 Å². The Hall–Kier alpha value is -4.79. The lowest BCUT2D eigenvalue weighted by Gasteiger charge is -2.37. The maximum atomic E-state index is 12.1. The molecule has 0 radical (unpaired) electrons. The number of fused-ring (bicyclic) bond motifs is 5. The van der Waals surface area contributed by atoms with Crippen molar-refractivity contribution in [3.8, 4) is 11.5 Å². The highest BCUT2D eigenvalue weighted by atomic mass is 16.5. The van der Waals surface area contributed by atoms with Gasteiger partial charge in [-0.2, -0.15) is 0 Å². The fourth-order valence-corrected chi connectivity index (χ4v) is 5.61. The summed E-state index contributed by atoms with van der Waals surface area (Å²) < 4.78 is 12.3. The lowest BCUT2D eigenvalue weighted by atomic mass is 9.82. The van der Waals surface area contributed by atoms with Crippen LogP contribution in [-0.4, -0.2) is 48.0 Å². The van der Waals surface area contributed by atoms with Crippen LogP contribution in [0, 0.1) is 24.2 Å². The number of hydrogen-bond acceptors (Lipinski definition) is 8. The van der Waals surface area contributed by atoms with Crippen molar-refractivity contribution in [1.82, 2.24) is 9.97 Å². The highest BCUT2D eigenvalue weighted by Crippen LogP contribution is 2.42. The zero-order valence-corrected chi connectivity index (χ0v) is 24.0. The van der Waals surface area contributed by atoms with Crippen LogP contribution in [0.2, 0.25) is 0 Å². The maximum absolute atomic E-state index is 12.1. The number of aromatic nitrogens is 2. The predicted octanol–water partition coefficient (Wildman–Crippen LogP) is 6.57. The van der Waals surface area contributed by atoms with E-state index in [2.05, 4.69) is 37.8 Å². The Morgan fingerprint density at radius 1 is 1.31 bits per heavy atom. The van der Waals surface area contributed by atoms with Crippen molar-refractivity contribution < 1.29 is 14.3 Å². The van der Waals surface area contributed by atoms with Gasteiger partial charge in [0.2, 0.25) is 0 Å². The van der Waals surface area contributed by atoms with Crippen LogP contribution in [0.15, 0.2) is 78.3 Å². The van der Waals surface area contributed by atoms with Crippen molar-refractivity contribution in [1.29, 1.82) is 5.41 Å². The van der Waals surface area contributed by atoms with Crippen LogP contribution in [0.3, 0.4) is 0 Å². The number of aliphatic imine (C=N–C) groups is 1. The first-order chi connectivity index (χ1) is 20.5. The van der Waals surface area contributed by atoms with Crippen LogP contribution >= 0.6 is 0 Å². The van der Waals surface area contributed by atoms with Crippen molar-refractivity contribution in [3.05, 3.63) is 78.9 Å². The number of ether oxygens (including phenoxy) is 2. The number of nitrogens with one attached hydrogen (secondary N) is 2. The van der Waals surface area contributed by atoms with Crippen LogP contribution in [0.25, 0.3) is 10.9 Å². The van der Waals surface area contributed by atoms with Gasteiger partial charge in [-0.1, -0.05) is 12.7 Å². The number of carbonyl (C=O) groups is 1. The van der Waals surface area contributed by atoms with Gasteiger partial charge in [0.05, 0.1) is 17.8 Å². The Kier molecular flexibility index (Phi) is 9.06. The summed E-state index contributed by atoms with van der Waals surface area (Å²) in [6.45, 7) is 10.1. The summed E-state index contributed by atoms with van der Waals surface area (Å²) in [6, 6.07) is 9.97. The zero-order chi connectivity index (χ0) is 29.5. The second-order valence-electron chi connectivity index (χ2n) is 10.5. The lowest BCUT2D eigenvalue weighted by Crippen LogP contribution is -2.41. The fourth-order valence-electron chi connectivity index (χ4n) is 5.61. The fraction of sp³-hybridized carbons (Fsp3) is 0.303. The van der Waals surface area contributed by atoms with E-state index in [0.717, 1.165) is 65.9 Å². The molecule has 3 heterocycles. The number of ketones is 1. The number of hydrogen-bond donors (Lipinski definition) is 2. The van der Waals surface area contributed by atoms with Gasteiger partial charge in [-0.3, -0.25) is 10.2 Å². The van der Waals surface area contributed by atoms with E-state index in [1.165, 1.54) is 6.21 Å². The van der Waals surface area contributed by atoms with E-state index in [1.54, 1.807) is 24.6 Å². The molecule has 42 heavy (non-hydrogen) atoms. The number of rotatable bonds is 11. The minimum atomic E-state index is 0.198. The normalized spacial score (nSPS) is 18.4. The average Bonchev–Trinajstić information content (AvgIpc) is 3.13. The zero-order valence-electron chi connectivity index (χ0n) is 24.0. The molecule has 5 rings (SSSR count). The number of aryl methyl sites for hydroxylation is 1. The first-order valence-corrected chi connectivity index (χ1v) is 14.2. The second-order valence-corrected chi connectivity index (χ2v) is 10.5. The van der Waals surface area contributed by atoms with Crippen molar-refractivity contribution in [2.75, 3.05) is 29.9 Å². The van der Waals surface area contributed by atoms with Gasteiger partial charge in [-0.15, -0.1) is 0 Å². The molecule has 2 unspecified atom stereocenters. The summed E-state index contributed by atoms with van der Waals surface area (Å²) in [6.07, 6.45) is 13.3. The Labute approximate surface area is 246 Å². The van der Waals surface area contributed by atoms with E-state index in [-0.39, 0.29) is 5.78 Å². The van der Waals surface area contributed by atoms with Crippen molar-refractivity contribution in [2.45, 2.75) is 33.1 Å². The summed E-state index contributed by atoms with van der Waals surface area (Å²) in [5.41, 5.74) is 3.66. The molecule has 9 heteroatoms. The number of allylic oxidation sites excluding steroid dienone is 4. The molecule has 2 atom stereocenters. The second kappa shape index (κ2) is 13.2. The molecule has 0 saturated carbocycles. The highest BCUT2D eigenvalue weighted by molar-refractivity contribution is 5.95. The van der Waals surface area contributed by atoms with Crippen LogP contribution < -0.4 is 19.7 Å². The average molecular weight is 565 g/mol. The molecule has 2 N–H and O–H groups in total. The number of anilines is 3. The van der Waals surface area contributed by atoms with E-state index in [4.69, 9.17) is 14.9 Å². The Balaban J connectivity index is 1.34. The third kappa shape index (κ3) is 6.57. The summed E-state index contributed by atoms with van der Waals surface area (Å²) >= 11 is 0. The first kappa shape index (κ1) is 28.7. The number of benzene rings is 2. The summed E-state index contributed by atoms with van der Waals surface area (Å²) in [5.74, 6) is 3.82. The first-order valence-electron chi connectivity index (χ1n) is 14.2. The predicted molar refractivity (Wildman–Crippen MR) is 169 cm³/mol. The lowest BCUT2D eigenvalue weighted by molar-refractivity contribution is -0.115. The number of piperidine rings is 1. The maximum Gasteiger partial charge on any atom is 0.155 e. The Morgan fingerprint density at radius 3 is 2.98 bits per heavy atom. The molecule has 2 aliphatic heterocycles. The van der Waals surface area contributed by atoms with Gasteiger partial charge in [0, 0.05) is 48.8 Å². The van der Waals surface area contributed by atoms with E-state index < -0.39 is 0 Å². The quantitative estimate of drug-likeness (QED) is 0.0890. The summed E-state index contributed by atoms with van der Waals surface area (Å²) in [5, 5.41) is 11.4. The molecule has 2 aromatic carbocycles. The van der Waals surface area contributed by atoms with Gasteiger partial charge < -0.3 is 19.7 Å². The SMILES string of the molecule is C=C/C(=C\C=NC=N)Oc1ccc(Nc2ncnc3cc4c(cc23)N2CCC(CCC(=O)/C=C/C)C(CO4)C2)cc1C. The molecule has 1 saturated heterocycles. The largest absolute Gasteiger partial charge is 0.491 e. The molecule has 3 aromatic rings. The standard InChI is InChI=1S/C33H36N6O3/c1-4-6-26(40)9-7-23-12-14-39-18-24(23)19-41-32-17-29-28(16-30(32)39)33(37-21-36-29)38-25-8-10-31(22(3)15-25)42-27(5-2)11-13-35-20-34/h4-6,8,10-11,13,15-17,20-21,23-24,34H,2,7,9,12,14,18-19H2,1,3H3,(H,36,37,38)/b6-4+,27-11+,34-20?,35-13?. The highest BCUT2D eigenvalue weighted by Gasteiger charge is 2.34. The van der Waals surface area contributed by atoms with E-state index in [9.17, 15) is 4.79 Å². The number of nitrogens with zero attached hydrogens (tertiary/aromatic N) is 4. The van der Waals surface area contributed by atoms with Crippen molar-refractivity contribution >= 4 is 46.4 Å². The van der Waals surface area contributed by atoms with Gasteiger partial charge in [-0.25, -0.2) is 15.0 Å². The molecular formula is C33H36N6O3.